The lowest BCUT2D eigenvalue weighted by atomic mass is 10.1. The van der Waals surface area contributed by atoms with Crippen LogP contribution in [0, 0.1) is 12.7 Å². The van der Waals surface area contributed by atoms with Gasteiger partial charge in [-0.05, 0) is 43.9 Å². The van der Waals surface area contributed by atoms with E-state index in [1.54, 1.807) is 13.0 Å². The van der Waals surface area contributed by atoms with Crippen molar-refractivity contribution in [1.82, 2.24) is 0 Å². The van der Waals surface area contributed by atoms with E-state index in [0.29, 0.717) is 16.3 Å². The minimum atomic E-state index is -0.238. The average molecular weight is 243 g/mol. The highest BCUT2D eigenvalue weighted by Gasteiger charge is 2.24. The van der Waals surface area contributed by atoms with Gasteiger partial charge in [-0.15, -0.1) is 0 Å². The van der Waals surface area contributed by atoms with E-state index in [2.05, 4.69) is 5.32 Å². The predicted molar refractivity (Wildman–Crippen MR) is 65.4 cm³/mol. The molecule has 0 aliphatic heterocycles. The molecule has 1 aliphatic rings. The van der Waals surface area contributed by atoms with Gasteiger partial charge >= 0.3 is 0 Å². The molecule has 1 aromatic carbocycles. The van der Waals surface area contributed by atoms with E-state index < -0.39 is 0 Å². The predicted octanol–water partition coefficient (Wildman–Crippen LogP) is 3.08. The lowest BCUT2D eigenvalue weighted by Crippen LogP contribution is -2.35. The molecule has 0 radical (unpaired) electrons. The first kappa shape index (κ1) is 11.7. The van der Waals surface area contributed by atoms with E-state index >= 15 is 0 Å². The molecule has 2 rings (SSSR count). The maximum absolute atomic E-state index is 13.4. The number of halogens is 2. The van der Waals surface area contributed by atoms with Gasteiger partial charge in [-0.2, -0.15) is 0 Å². The minimum absolute atomic E-state index is 0.139. The smallest absolute Gasteiger partial charge is 0.128 e. The van der Waals surface area contributed by atoms with Crippen molar-refractivity contribution in [3.05, 3.63) is 28.5 Å². The van der Waals surface area contributed by atoms with E-state index in [4.69, 9.17) is 17.3 Å². The SMILES string of the molecule is Cc1cc(Cl)c(NC2CCCC2N)cc1F. The van der Waals surface area contributed by atoms with Crippen molar-refractivity contribution in [2.75, 3.05) is 5.32 Å². The molecule has 0 spiro atoms. The van der Waals surface area contributed by atoms with Crippen LogP contribution in [-0.2, 0) is 0 Å². The molecular weight excluding hydrogens is 227 g/mol. The molecule has 0 amide bonds. The standard InChI is InChI=1S/C12H16ClFN2/c1-7-5-8(13)12(6-9(7)14)16-11-4-2-3-10(11)15/h5-6,10-11,16H,2-4,15H2,1H3. The second-order valence-electron chi connectivity index (χ2n) is 4.43. The van der Waals surface area contributed by atoms with E-state index in [9.17, 15) is 4.39 Å². The summed E-state index contributed by atoms with van der Waals surface area (Å²) in [5, 5.41) is 3.78. The van der Waals surface area contributed by atoms with E-state index in [1.807, 2.05) is 0 Å². The van der Waals surface area contributed by atoms with Crippen molar-refractivity contribution in [3.8, 4) is 0 Å². The lowest BCUT2D eigenvalue weighted by molar-refractivity contribution is 0.614. The van der Waals surface area contributed by atoms with Crippen LogP contribution in [-0.4, -0.2) is 12.1 Å². The summed E-state index contributed by atoms with van der Waals surface area (Å²) in [6.45, 7) is 1.70. The third-order valence-electron chi connectivity index (χ3n) is 3.16. The van der Waals surface area contributed by atoms with Gasteiger partial charge < -0.3 is 11.1 Å². The summed E-state index contributed by atoms with van der Waals surface area (Å²) in [4.78, 5) is 0. The van der Waals surface area contributed by atoms with Crippen molar-refractivity contribution in [1.29, 1.82) is 0 Å². The molecule has 16 heavy (non-hydrogen) atoms. The van der Waals surface area contributed by atoms with Crippen LogP contribution in [0.3, 0.4) is 0 Å². The first-order valence-corrected chi connectivity index (χ1v) is 5.93. The van der Waals surface area contributed by atoms with Crippen molar-refractivity contribution in [3.63, 3.8) is 0 Å². The molecule has 0 saturated heterocycles. The Bertz CT molecular complexity index is 395. The number of hydrogen-bond donors (Lipinski definition) is 2. The summed E-state index contributed by atoms with van der Waals surface area (Å²) in [6.07, 6.45) is 3.15. The van der Waals surface area contributed by atoms with E-state index in [-0.39, 0.29) is 17.9 Å². The van der Waals surface area contributed by atoms with Crippen LogP contribution in [0.15, 0.2) is 12.1 Å². The zero-order valence-electron chi connectivity index (χ0n) is 9.26. The lowest BCUT2D eigenvalue weighted by Gasteiger charge is -2.19. The van der Waals surface area contributed by atoms with Gasteiger partial charge in [0.15, 0.2) is 0 Å². The molecule has 0 aromatic heterocycles. The third kappa shape index (κ3) is 2.30. The van der Waals surface area contributed by atoms with Gasteiger partial charge in [0.25, 0.3) is 0 Å². The molecule has 2 nitrogen and oxygen atoms in total. The van der Waals surface area contributed by atoms with Gasteiger partial charge in [-0.3, -0.25) is 0 Å². The molecule has 1 saturated carbocycles. The third-order valence-corrected chi connectivity index (χ3v) is 3.47. The molecule has 2 atom stereocenters. The number of hydrogen-bond acceptors (Lipinski definition) is 2. The second kappa shape index (κ2) is 4.60. The Kier molecular flexibility index (Phi) is 3.36. The molecule has 2 unspecified atom stereocenters. The Labute approximate surface area is 100.0 Å². The first-order chi connectivity index (χ1) is 7.58. The van der Waals surface area contributed by atoms with Crippen LogP contribution in [0.5, 0.6) is 0 Å². The van der Waals surface area contributed by atoms with Crippen LogP contribution in [0.2, 0.25) is 5.02 Å². The van der Waals surface area contributed by atoms with Gasteiger partial charge in [0.1, 0.15) is 5.82 Å². The number of nitrogens with one attached hydrogen (secondary N) is 1. The maximum atomic E-state index is 13.4. The number of rotatable bonds is 2. The van der Waals surface area contributed by atoms with Gasteiger partial charge in [0, 0.05) is 12.1 Å². The Morgan fingerprint density at radius 3 is 2.81 bits per heavy atom. The highest BCUT2D eigenvalue weighted by molar-refractivity contribution is 6.33. The minimum Gasteiger partial charge on any atom is -0.379 e. The Balaban J connectivity index is 2.18. The van der Waals surface area contributed by atoms with Crippen LogP contribution in [0.4, 0.5) is 10.1 Å². The normalized spacial score (nSPS) is 24.8. The molecule has 4 heteroatoms. The fraction of sp³-hybridized carbons (Fsp3) is 0.500. The number of benzene rings is 1. The summed E-state index contributed by atoms with van der Waals surface area (Å²) in [5.41, 5.74) is 7.15. The first-order valence-electron chi connectivity index (χ1n) is 5.55. The highest BCUT2D eigenvalue weighted by atomic mass is 35.5. The Hall–Kier alpha value is -0.800. The zero-order valence-corrected chi connectivity index (χ0v) is 10.0. The monoisotopic (exact) mass is 242 g/mol. The van der Waals surface area contributed by atoms with Crippen molar-refractivity contribution >= 4 is 17.3 Å². The molecule has 3 N–H and O–H groups in total. The van der Waals surface area contributed by atoms with Crippen LogP contribution < -0.4 is 11.1 Å². The molecule has 88 valence electrons. The highest BCUT2D eigenvalue weighted by Crippen LogP contribution is 2.28. The summed E-state index contributed by atoms with van der Waals surface area (Å²) < 4.78 is 13.4. The number of aryl methyl sites for hydroxylation is 1. The summed E-state index contributed by atoms with van der Waals surface area (Å²) >= 11 is 6.06. The Morgan fingerprint density at radius 2 is 2.19 bits per heavy atom. The van der Waals surface area contributed by atoms with Gasteiger partial charge in [-0.1, -0.05) is 11.6 Å². The Morgan fingerprint density at radius 1 is 1.44 bits per heavy atom. The van der Waals surface area contributed by atoms with Gasteiger partial charge in [0.05, 0.1) is 10.7 Å². The fourth-order valence-corrected chi connectivity index (χ4v) is 2.40. The largest absolute Gasteiger partial charge is 0.379 e. The number of anilines is 1. The average Bonchev–Trinajstić information content (AvgIpc) is 2.61. The molecule has 1 fully saturated rings. The molecule has 1 aliphatic carbocycles. The quantitative estimate of drug-likeness (QED) is 0.837. The molecule has 0 bridgehead atoms. The summed E-state index contributed by atoms with van der Waals surface area (Å²) in [5.74, 6) is -0.238. The topological polar surface area (TPSA) is 38.0 Å². The van der Waals surface area contributed by atoms with Crippen molar-refractivity contribution in [2.45, 2.75) is 38.3 Å². The summed E-state index contributed by atoms with van der Waals surface area (Å²) in [7, 11) is 0. The van der Waals surface area contributed by atoms with E-state index in [1.165, 1.54) is 6.07 Å². The van der Waals surface area contributed by atoms with Crippen LogP contribution in [0.1, 0.15) is 24.8 Å². The van der Waals surface area contributed by atoms with Crippen molar-refractivity contribution in [2.24, 2.45) is 5.73 Å². The maximum Gasteiger partial charge on any atom is 0.128 e. The van der Waals surface area contributed by atoms with Gasteiger partial charge in [0.2, 0.25) is 0 Å². The van der Waals surface area contributed by atoms with Crippen LogP contribution >= 0.6 is 11.6 Å². The number of nitrogens with two attached hydrogens (primary N) is 1. The molecule has 1 aromatic rings. The van der Waals surface area contributed by atoms with Gasteiger partial charge in [-0.25, -0.2) is 4.39 Å². The molecular formula is C12H16ClFN2. The van der Waals surface area contributed by atoms with Crippen LogP contribution in [0.25, 0.3) is 0 Å². The van der Waals surface area contributed by atoms with E-state index in [0.717, 1.165) is 19.3 Å². The fourth-order valence-electron chi connectivity index (χ4n) is 2.12. The zero-order chi connectivity index (χ0) is 11.7. The van der Waals surface area contributed by atoms with Crippen molar-refractivity contribution < 1.29 is 4.39 Å². The summed E-state index contributed by atoms with van der Waals surface area (Å²) in [6, 6.07) is 3.43. The second-order valence-corrected chi connectivity index (χ2v) is 4.83. The molecule has 0 heterocycles.